The Bertz CT molecular complexity index is 690. The van der Waals surface area contributed by atoms with E-state index in [9.17, 15) is 8.42 Å². The van der Waals surface area contributed by atoms with Crippen molar-refractivity contribution in [1.82, 2.24) is 4.72 Å². The minimum atomic E-state index is -3.59. The largest absolute Gasteiger partial charge is 0.465 e. The first-order chi connectivity index (χ1) is 8.88. The second kappa shape index (κ2) is 5.07. The van der Waals surface area contributed by atoms with Crippen LogP contribution in [0, 0.1) is 13.8 Å². The molecule has 3 N–H and O–H groups in total. The van der Waals surface area contributed by atoms with Crippen LogP contribution in [0.3, 0.4) is 0 Å². The van der Waals surface area contributed by atoms with Crippen LogP contribution in [0.25, 0.3) is 0 Å². The van der Waals surface area contributed by atoms with E-state index < -0.39 is 10.0 Å². The molecule has 0 spiro atoms. The van der Waals surface area contributed by atoms with Gasteiger partial charge in [0.05, 0.1) is 11.4 Å². The van der Waals surface area contributed by atoms with Gasteiger partial charge in [-0.25, -0.2) is 13.1 Å². The monoisotopic (exact) mass is 280 g/mol. The van der Waals surface area contributed by atoms with Crippen molar-refractivity contribution in [2.75, 3.05) is 5.73 Å². The van der Waals surface area contributed by atoms with E-state index in [1.165, 1.54) is 6.07 Å². The van der Waals surface area contributed by atoms with Gasteiger partial charge < -0.3 is 10.2 Å². The SMILES string of the molecule is Cc1ccc(CNS(=O)(=O)c2cc(N)ccc2C)o1. The van der Waals surface area contributed by atoms with Crippen LogP contribution in [0.2, 0.25) is 0 Å². The second-order valence-electron chi connectivity index (χ2n) is 4.36. The molecular weight excluding hydrogens is 264 g/mol. The average Bonchev–Trinajstić information content (AvgIpc) is 2.76. The Morgan fingerprint density at radius 3 is 2.58 bits per heavy atom. The summed E-state index contributed by atoms with van der Waals surface area (Å²) in [6.07, 6.45) is 0. The predicted octanol–water partition coefficient (Wildman–Crippen LogP) is 1.96. The Morgan fingerprint density at radius 1 is 1.21 bits per heavy atom. The number of anilines is 1. The first-order valence-corrected chi connectivity index (χ1v) is 7.28. The molecule has 19 heavy (non-hydrogen) atoms. The first-order valence-electron chi connectivity index (χ1n) is 5.79. The number of nitrogens with two attached hydrogens (primary N) is 1. The predicted molar refractivity (Wildman–Crippen MR) is 73.1 cm³/mol. The van der Waals surface area contributed by atoms with Gasteiger partial charge in [0.25, 0.3) is 0 Å². The molecule has 0 bridgehead atoms. The molecule has 0 saturated carbocycles. The third-order valence-electron chi connectivity index (χ3n) is 2.73. The van der Waals surface area contributed by atoms with Crippen LogP contribution < -0.4 is 10.5 Å². The maximum atomic E-state index is 12.2. The zero-order valence-corrected chi connectivity index (χ0v) is 11.6. The summed E-state index contributed by atoms with van der Waals surface area (Å²) in [5.41, 5.74) is 6.69. The molecule has 1 aromatic heterocycles. The molecule has 5 nitrogen and oxygen atoms in total. The van der Waals surface area contributed by atoms with Gasteiger partial charge in [-0.15, -0.1) is 0 Å². The molecule has 0 aliphatic carbocycles. The normalized spacial score (nSPS) is 11.7. The first kappa shape index (κ1) is 13.6. The summed E-state index contributed by atoms with van der Waals surface area (Å²) in [7, 11) is -3.59. The van der Waals surface area contributed by atoms with E-state index in [-0.39, 0.29) is 11.4 Å². The third kappa shape index (κ3) is 3.15. The standard InChI is InChI=1S/C13H16N2O3S/c1-9-3-5-11(14)7-13(9)19(16,17)15-8-12-6-4-10(2)18-12/h3-7,15H,8,14H2,1-2H3. The van der Waals surface area contributed by atoms with Crippen LogP contribution in [0.4, 0.5) is 5.69 Å². The van der Waals surface area contributed by atoms with Crippen molar-refractivity contribution >= 4 is 15.7 Å². The van der Waals surface area contributed by atoms with Crippen molar-refractivity contribution in [1.29, 1.82) is 0 Å². The average molecular weight is 280 g/mol. The summed E-state index contributed by atoms with van der Waals surface area (Å²) < 4.78 is 32.2. The number of aryl methyl sites for hydroxylation is 2. The minimum Gasteiger partial charge on any atom is -0.465 e. The van der Waals surface area contributed by atoms with Gasteiger partial charge in [0, 0.05) is 5.69 Å². The van der Waals surface area contributed by atoms with Crippen molar-refractivity contribution in [2.45, 2.75) is 25.3 Å². The van der Waals surface area contributed by atoms with E-state index in [1.54, 1.807) is 38.1 Å². The number of benzene rings is 1. The van der Waals surface area contributed by atoms with Gasteiger partial charge in [0.2, 0.25) is 10.0 Å². The van der Waals surface area contributed by atoms with E-state index >= 15 is 0 Å². The molecule has 2 rings (SSSR count). The molecule has 0 atom stereocenters. The molecule has 0 saturated heterocycles. The van der Waals surface area contributed by atoms with Gasteiger partial charge in [-0.1, -0.05) is 6.07 Å². The smallest absolute Gasteiger partial charge is 0.241 e. The molecule has 1 aromatic carbocycles. The Labute approximate surface area is 112 Å². The van der Waals surface area contributed by atoms with Gasteiger partial charge in [-0.05, 0) is 43.7 Å². The zero-order chi connectivity index (χ0) is 14.0. The fourth-order valence-electron chi connectivity index (χ4n) is 1.73. The quantitative estimate of drug-likeness (QED) is 0.838. The highest BCUT2D eigenvalue weighted by atomic mass is 32.2. The van der Waals surface area contributed by atoms with E-state index in [1.807, 2.05) is 0 Å². The number of nitrogen functional groups attached to an aromatic ring is 1. The van der Waals surface area contributed by atoms with E-state index in [0.29, 0.717) is 17.0 Å². The molecule has 0 fully saturated rings. The highest BCUT2D eigenvalue weighted by Gasteiger charge is 2.17. The molecule has 0 radical (unpaired) electrons. The van der Waals surface area contributed by atoms with Crippen LogP contribution in [0.5, 0.6) is 0 Å². The molecule has 6 heteroatoms. The van der Waals surface area contributed by atoms with Gasteiger partial charge in [-0.3, -0.25) is 0 Å². The number of nitrogens with one attached hydrogen (secondary N) is 1. The molecular formula is C13H16N2O3S. The lowest BCUT2D eigenvalue weighted by Crippen LogP contribution is -2.23. The van der Waals surface area contributed by atoms with E-state index in [2.05, 4.69) is 4.72 Å². The Morgan fingerprint density at radius 2 is 1.95 bits per heavy atom. The van der Waals surface area contributed by atoms with Gasteiger partial charge in [0.15, 0.2) is 0 Å². The van der Waals surface area contributed by atoms with Crippen molar-refractivity contribution in [3.05, 3.63) is 47.4 Å². The van der Waals surface area contributed by atoms with E-state index in [4.69, 9.17) is 10.2 Å². The molecule has 0 aliphatic rings. The summed E-state index contributed by atoms with van der Waals surface area (Å²) in [5.74, 6) is 1.32. The van der Waals surface area contributed by atoms with Crippen LogP contribution in [-0.2, 0) is 16.6 Å². The lowest BCUT2D eigenvalue weighted by atomic mass is 10.2. The fraction of sp³-hybridized carbons (Fsp3) is 0.231. The van der Waals surface area contributed by atoms with Gasteiger partial charge >= 0.3 is 0 Å². The lowest BCUT2D eigenvalue weighted by Gasteiger charge is -2.09. The van der Waals surface area contributed by atoms with Crippen molar-refractivity contribution in [3.63, 3.8) is 0 Å². The third-order valence-corrected chi connectivity index (χ3v) is 4.28. The van der Waals surface area contributed by atoms with Gasteiger partial charge in [-0.2, -0.15) is 0 Å². The van der Waals surface area contributed by atoms with Crippen LogP contribution in [0.1, 0.15) is 17.1 Å². The van der Waals surface area contributed by atoms with Crippen LogP contribution >= 0.6 is 0 Å². The van der Waals surface area contributed by atoms with E-state index in [0.717, 1.165) is 5.76 Å². The van der Waals surface area contributed by atoms with Gasteiger partial charge in [0.1, 0.15) is 11.5 Å². The lowest BCUT2D eigenvalue weighted by molar-refractivity contribution is 0.475. The summed E-state index contributed by atoms with van der Waals surface area (Å²) in [4.78, 5) is 0.191. The second-order valence-corrected chi connectivity index (χ2v) is 6.10. The van der Waals surface area contributed by atoms with Crippen molar-refractivity contribution in [3.8, 4) is 0 Å². The molecule has 2 aromatic rings. The number of hydrogen-bond acceptors (Lipinski definition) is 4. The zero-order valence-electron chi connectivity index (χ0n) is 10.8. The molecule has 0 amide bonds. The Kier molecular flexibility index (Phi) is 3.64. The summed E-state index contributed by atoms with van der Waals surface area (Å²) >= 11 is 0. The van der Waals surface area contributed by atoms with Crippen LogP contribution in [-0.4, -0.2) is 8.42 Å². The Balaban J connectivity index is 2.20. The topological polar surface area (TPSA) is 85.3 Å². The summed E-state index contributed by atoms with van der Waals surface area (Å²) in [6, 6.07) is 8.33. The Hall–Kier alpha value is -1.79. The van der Waals surface area contributed by atoms with Crippen molar-refractivity contribution < 1.29 is 12.8 Å². The molecule has 1 heterocycles. The highest BCUT2D eigenvalue weighted by molar-refractivity contribution is 7.89. The summed E-state index contributed by atoms with van der Waals surface area (Å²) in [5, 5.41) is 0. The number of hydrogen-bond donors (Lipinski definition) is 2. The number of furan rings is 1. The van der Waals surface area contributed by atoms with Crippen molar-refractivity contribution in [2.24, 2.45) is 0 Å². The highest BCUT2D eigenvalue weighted by Crippen LogP contribution is 2.18. The maximum absolute atomic E-state index is 12.2. The maximum Gasteiger partial charge on any atom is 0.241 e. The van der Waals surface area contributed by atoms with Crippen LogP contribution in [0.15, 0.2) is 39.6 Å². The molecule has 102 valence electrons. The summed E-state index contributed by atoms with van der Waals surface area (Å²) in [6.45, 7) is 3.65. The number of sulfonamides is 1. The number of rotatable bonds is 4. The molecule has 0 unspecified atom stereocenters. The molecule has 0 aliphatic heterocycles. The fourth-order valence-corrected chi connectivity index (χ4v) is 3.00. The minimum absolute atomic E-state index is 0.115.